The second-order valence-electron chi connectivity index (χ2n) is 10.8. The van der Waals surface area contributed by atoms with Crippen LogP contribution in [0.1, 0.15) is 43.0 Å². The molecule has 6 rings (SSSR count). The van der Waals surface area contributed by atoms with Crippen LogP contribution in [0.3, 0.4) is 0 Å². The van der Waals surface area contributed by atoms with Crippen LogP contribution in [0.5, 0.6) is 5.75 Å². The number of nitrogens with one attached hydrogen (secondary N) is 2. The average molecular weight is 542 g/mol. The molecule has 0 bridgehead atoms. The number of carbonyl (C=O) groups excluding carboxylic acids is 1. The predicted molar refractivity (Wildman–Crippen MR) is 146 cm³/mol. The highest BCUT2D eigenvalue weighted by Crippen LogP contribution is 2.38. The Morgan fingerprint density at radius 2 is 1.87 bits per heavy atom. The highest BCUT2D eigenvalue weighted by molar-refractivity contribution is 7.88. The van der Waals surface area contributed by atoms with Gasteiger partial charge in [-0.05, 0) is 44.7 Å². The molecule has 3 fully saturated rings. The van der Waals surface area contributed by atoms with E-state index in [-0.39, 0.29) is 11.8 Å². The number of anilines is 4. The molecule has 0 spiro atoms. The Hall–Kier alpha value is -2.96. The molecule has 4 aliphatic rings. The summed E-state index contributed by atoms with van der Waals surface area (Å²) in [7, 11) is -3.11. The number of aromatic nitrogens is 2. The molecule has 2 saturated heterocycles. The second kappa shape index (κ2) is 9.97. The van der Waals surface area contributed by atoms with E-state index in [4.69, 9.17) is 4.74 Å². The van der Waals surface area contributed by atoms with Crippen molar-refractivity contribution in [1.29, 1.82) is 0 Å². The lowest BCUT2D eigenvalue weighted by Crippen LogP contribution is -2.60. The van der Waals surface area contributed by atoms with Crippen molar-refractivity contribution in [3.63, 3.8) is 0 Å². The molecule has 12 heteroatoms. The SMILES string of the molecule is CC(=O)c1cnc(Nc2ccc3c(c2)OCC2CN(C4CCN(S(C)(=O)=O)CC4)CCN32)nc1NC1CC1. The zero-order chi connectivity index (χ0) is 26.4. The number of ketones is 1. The van der Waals surface area contributed by atoms with Gasteiger partial charge in [-0.25, -0.2) is 17.7 Å². The first kappa shape index (κ1) is 25.3. The van der Waals surface area contributed by atoms with Crippen molar-refractivity contribution in [3.05, 3.63) is 30.0 Å². The number of ether oxygens (including phenoxy) is 1. The number of hydrogen-bond acceptors (Lipinski definition) is 10. The number of sulfonamides is 1. The average Bonchev–Trinajstić information content (AvgIpc) is 3.72. The third-order valence-electron chi connectivity index (χ3n) is 7.97. The van der Waals surface area contributed by atoms with E-state index in [0.29, 0.717) is 49.1 Å². The molecule has 1 unspecified atom stereocenters. The van der Waals surface area contributed by atoms with E-state index in [9.17, 15) is 13.2 Å². The van der Waals surface area contributed by atoms with Crippen LogP contribution in [-0.2, 0) is 10.0 Å². The van der Waals surface area contributed by atoms with Crippen molar-refractivity contribution < 1.29 is 17.9 Å². The van der Waals surface area contributed by atoms with Gasteiger partial charge in [0.25, 0.3) is 0 Å². The molecule has 11 nitrogen and oxygen atoms in total. The van der Waals surface area contributed by atoms with Crippen molar-refractivity contribution in [2.24, 2.45) is 0 Å². The highest BCUT2D eigenvalue weighted by atomic mass is 32.2. The van der Waals surface area contributed by atoms with E-state index >= 15 is 0 Å². The van der Waals surface area contributed by atoms with Crippen LogP contribution >= 0.6 is 0 Å². The topological polar surface area (TPSA) is 120 Å². The van der Waals surface area contributed by atoms with Gasteiger partial charge < -0.3 is 20.3 Å². The molecule has 1 aromatic heterocycles. The number of fused-ring (bicyclic) bond motifs is 3. The third kappa shape index (κ3) is 5.29. The molecular weight excluding hydrogens is 506 g/mol. The summed E-state index contributed by atoms with van der Waals surface area (Å²) in [5, 5.41) is 6.60. The lowest BCUT2D eigenvalue weighted by molar-refractivity contribution is 0.0976. The number of benzene rings is 1. The molecule has 2 N–H and O–H groups in total. The highest BCUT2D eigenvalue weighted by Gasteiger charge is 2.37. The van der Waals surface area contributed by atoms with Crippen molar-refractivity contribution in [2.75, 3.05) is 61.1 Å². The maximum Gasteiger partial charge on any atom is 0.229 e. The number of rotatable bonds is 7. The quantitative estimate of drug-likeness (QED) is 0.505. The second-order valence-corrected chi connectivity index (χ2v) is 12.8. The van der Waals surface area contributed by atoms with Gasteiger partial charge in [0.15, 0.2) is 5.78 Å². The Balaban J connectivity index is 1.11. The predicted octanol–water partition coefficient (Wildman–Crippen LogP) is 2.30. The maximum absolute atomic E-state index is 12.0. The summed E-state index contributed by atoms with van der Waals surface area (Å²) >= 11 is 0. The molecule has 1 atom stereocenters. The minimum absolute atomic E-state index is 0.0594. The third-order valence-corrected chi connectivity index (χ3v) is 9.27. The molecule has 1 saturated carbocycles. The lowest BCUT2D eigenvalue weighted by Gasteiger charge is -2.48. The first-order chi connectivity index (χ1) is 18.2. The first-order valence-electron chi connectivity index (χ1n) is 13.4. The molecular formula is C26H35N7O4S. The van der Waals surface area contributed by atoms with Crippen molar-refractivity contribution in [3.8, 4) is 5.75 Å². The van der Waals surface area contributed by atoms with E-state index in [1.54, 1.807) is 10.5 Å². The smallest absolute Gasteiger partial charge is 0.229 e. The van der Waals surface area contributed by atoms with Gasteiger partial charge in [0.2, 0.25) is 16.0 Å². The van der Waals surface area contributed by atoms with Gasteiger partial charge in [-0.2, -0.15) is 4.98 Å². The minimum atomic E-state index is -3.11. The summed E-state index contributed by atoms with van der Waals surface area (Å²) in [5.74, 6) is 1.78. The van der Waals surface area contributed by atoms with E-state index in [1.807, 2.05) is 12.1 Å². The number of carbonyl (C=O) groups is 1. The van der Waals surface area contributed by atoms with Gasteiger partial charge in [-0.15, -0.1) is 0 Å². The Bertz CT molecular complexity index is 1320. The number of piperazine rings is 1. The minimum Gasteiger partial charge on any atom is -0.489 e. The van der Waals surface area contributed by atoms with Crippen molar-refractivity contribution >= 4 is 38.9 Å². The summed E-state index contributed by atoms with van der Waals surface area (Å²) < 4.78 is 31.5. The lowest BCUT2D eigenvalue weighted by atomic mass is 10.0. The van der Waals surface area contributed by atoms with Crippen LogP contribution in [0, 0.1) is 0 Å². The summed E-state index contributed by atoms with van der Waals surface area (Å²) in [6.45, 7) is 6.11. The van der Waals surface area contributed by atoms with E-state index in [1.165, 1.54) is 13.2 Å². The van der Waals surface area contributed by atoms with Crippen LogP contribution in [0.4, 0.5) is 23.1 Å². The van der Waals surface area contributed by atoms with Crippen molar-refractivity contribution in [2.45, 2.75) is 50.7 Å². The van der Waals surface area contributed by atoms with Gasteiger partial charge >= 0.3 is 0 Å². The summed E-state index contributed by atoms with van der Waals surface area (Å²) in [4.78, 5) is 25.9. The van der Waals surface area contributed by atoms with Gasteiger partial charge in [0.1, 0.15) is 18.2 Å². The Morgan fingerprint density at radius 1 is 1.08 bits per heavy atom. The van der Waals surface area contributed by atoms with Gasteiger partial charge in [-0.3, -0.25) is 9.69 Å². The molecule has 4 heterocycles. The monoisotopic (exact) mass is 541 g/mol. The molecule has 1 aromatic carbocycles. The Morgan fingerprint density at radius 3 is 2.58 bits per heavy atom. The maximum atomic E-state index is 12.0. The fourth-order valence-corrected chi connectivity index (χ4v) is 6.57. The standard InChI is InChI=1S/C26H35N7O4S/c1-17(34)22-14-27-26(30-25(22)28-18-3-4-18)29-19-5-6-23-24(13-19)37-16-21-15-31(11-12-33(21)23)20-7-9-32(10-8-20)38(2,35)36/h5-6,13-14,18,20-21H,3-4,7-12,15-16H2,1-2H3,(H2,27,28,29,30). The van der Waals surface area contributed by atoms with Crippen LogP contribution < -0.4 is 20.3 Å². The van der Waals surface area contributed by atoms with Gasteiger partial charge in [-0.1, -0.05) is 0 Å². The largest absolute Gasteiger partial charge is 0.489 e. The number of hydrogen-bond donors (Lipinski definition) is 2. The summed E-state index contributed by atoms with van der Waals surface area (Å²) in [5.41, 5.74) is 2.41. The van der Waals surface area contributed by atoms with Gasteiger partial charge in [0, 0.05) is 62.8 Å². The molecule has 204 valence electrons. The van der Waals surface area contributed by atoms with E-state index in [2.05, 4.69) is 36.5 Å². The molecule has 3 aliphatic heterocycles. The zero-order valence-corrected chi connectivity index (χ0v) is 22.7. The van der Waals surface area contributed by atoms with Crippen LogP contribution in [0.25, 0.3) is 0 Å². The van der Waals surface area contributed by atoms with Crippen LogP contribution in [0.15, 0.2) is 24.4 Å². The normalized spacial score (nSPS) is 22.8. The molecule has 2 aromatic rings. The number of piperidine rings is 1. The van der Waals surface area contributed by atoms with E-state index in [0.717, 1.165) is 62.4 Å². The summed E-state index contributed by atoms with van der Waals surface area (Å²) in [6, 6.07) is 7.13. The van der Waals surface area contributed by atoms with Crippen LogP contribution in [0.2, 0.25) is 0 Å². The summed E-state index contributed by atoms with van der Waals surface area (Å²) in [6.07, 6.45) is 6.80. The molecule has 1 aliphatic carbocycles. The van der Waals surface area contributed by atoms with E-state index < -0.39 is 10.0 Å². The Kier molecular flexibility index (Phi) is 6.65. The van der Waals surface area contributed by atoms with Crippen LogP contribution in [-0.4, -0.2) is 97.1 Å². The molecule has 0 amide bonds. The number of Topliss-reactive ketones (excluding diaryl/α,β-unsaturated/α-hetero) is 1. The fourth-order valence-electron chi connectivity index (χ4n) is 5.70. The Labute approximate surface area is 223 Å². The fraction of sp³-hybridized carbons (Fsp3) is 0.577. The van der Waals surface area contributed by atoms with Crippen molar-refractivity contribution in [1.82, 2.24) is 19.2 Å². The molecule has 0 radical (unpaired) electrons. The van der Waals surface area contributed by atoms with Gasteiger partial charge in [0.05, 0.1) is 23.5 Å². The first-order valence-corrected chi connectivity index (χ1v) is 15.2. The molecule has 38 heavy (non-hydrogen) atoms. The zero-order valence-electron chi connectivity index (χ0n) is 21.9. The number of nitrogens with zero attached hydrogens (tertiary/aromatic N) is 5.